The van der Waals surface area contributed by atoms with Gasteiger partial charge in [-0.3, -0.25) is 0 Å². The predicted octanol–water partition coefficient (Wildman–Crippen LogP) is 3.37. The second kappa shape index (κ2) is 5.47. The van der Waals surface area contributed by atoms with E-state index in [0.29, 0.717) is 0 Å². The summed E-state index contributed by atoms with van der Waals surface area (Å²) >= 11 is 1.80. The van der Waals surface area contributed by atoms with E-state index in [1.165, 1.54) is 15.8 Å². The molecule has 106 valence electrons. The summed E-state index contributed by atoms with van der Waals surface area (Å²) in [5.74, 6) is 0. The third kappa shape index (κ3) is 2.52. The molecule has 1 saturated heterocycles. The van der Waals surface area contributed by atoms with Crippen molar-refractivity contribution >= 4 is 26.7 Å². The summed E-state index contributed by atoms with van der Waals surface area (Å²) in [6.45, 7) is 4.19. The SMILES string of the molecule is c1ccc(-c2ccc3nc(N4CCNCC4)sc3c2)cc1. The summed E-state index contributed by atoms with van der Waals surface area (Å²) in [4.78, 5) is 7.17. The Kier molecular flexibility index (Phi) is 3.33. The van der Waals surface area contributed by atoms with Gasteiger partial charge in [-0.25, -0.2) is 4.98 Å². The zero-order chi connectivity index (χ0) is 14.1. The summed E-state index contributed by atoms with van der Waals surface area (Å²) in [6.07, 6.45) is 0. The maximum Gasteiger partial charge on any atom is 0.186 e. The first-order valence-corrected chi connectivity index (χ1v) is 8.13. The van der Waals surface area contributed by atoms with Gasteiger partial charge in [-0.05, 0) is 23.3 Å². The van der Waals surface area contributed by atoms with Gasteiger partial charge in [0.05, 0.1) is 10.2 Å². The maximum absolute atomic E-state index is 4.79. The number of thiazole rings is 1. The van der Waals surface area contributed by atoms with Gasteiger partial charge in [0.25, 0.3) is 0 Å². The third-order valence-corrected chi connectivity index (χ3v) is 4.95. The van der Waals surface area contributed by atoms with E-state index in [-0.39, 0.29) is 0 Å². The molecule has 4 heteroatoms. The molecule has 1 aliphatic rings. The number of benzene rings is 2. The smallest absolute Gasteiger partial charge is 0.186 e. The Morgan fingerprint density at radius 2 is 1.76 bits per heavy atom. The Bertz CT molecular complexity index is 745. The second-order valence-electron chi connectivity index (χ2n) is 5.28. The highest BCUT2D eigenvalue weighted by Gasteiger charge is 2.14. The van der Waals surface area contributed by atoms with E-state index < -0.39 is 0 Å². The molecule has 0 saturated carbocycles. The van der Waals surface area contributed by atoms with Crippen LogP contribution in [0.1, 0.15) is 0 Å². The number of piperazine rings is 1. The number of anilines is 1. The molecule has 0 bridgehead atoms. The second-order valence-corrected chi connectivity index (χ2v) is 6.29. The fraction of sp³-hybridized carbons (Fsp3) is 0.235. The van der Waals surface area contributed by atoms with Gasteiger partial charge in [0.1, 0.15) is 0 Å². The average Bonchev–Trinajstić information content (AvgIpc) is 2.99. The van der Waals surface area contributed by atoms with E-state index in [2.05, 4.69) is 58.7 Å². The van der Waals surface area contributed by atoms with E-state index >= 15 is 0 Å². The van der Waals surface area contributed by atoms with E-state index in [1.807, 2.05) is 0 Å². The molecule has 1 N–H and O–H groups in total. The van der Waals surface area contributed by atoms with Crippen molar-refractivity contribution in [3.63, 3.8) is 0 Å². The van der Waals surface area contributed by atoms with Gasteiger partial charge in [-0.1, -0.05) is 47.7 Å². The fourth-order valence-corrected chi connectivity index (χ4v) is 3.77. The van der Waals surface area contributed by atoms with Crippen molar-refractivity contribution in [1.82, 2.24) is 10.3 Å². The van der Waals surface area contributed by atoms with E-state index in [4.69, 9.17) is 4.98 Å². The quantitative estimate of drug-likeness (QED) is 0.785. The molecule has 4 rings (SSSR count). The minimum absolute atomic E-state index is 1.05. The van der Waals surface area contributed by atoms with Crippen LogP contribution in [0.4, 0.5) is 5.13 Å². The monoisotopic (exact) mass is 295 g/mol. The highest BCUT2D eigenvalue weighted by molar-refractivity contribution is 7.22. The largest absolute Gasteiger partial charge is 0.346 e. The van der Waals surface area contributed by atoms with Crippen molar-refractivity contribution in [2.24, 2.45) is 0 Å². The van der Waals surface area contributed by atoms with Crippen LogP contribution >= 0.6 is 11.3 Å². The van der Waals surface area contributed by atoms with E-state index in [9.17, 15) is 0 Å². The molecule has 2 aromatic carbocycles. The number of hydrogen-bond donors (Lipinski definition) is 1. The van der Waals surface area contributed by atoms with Crippen molar-refractivity contribution in [2.45, 2.75) is 0 Å². The molecule has 3 nitrogen and oxygen atoms in total. The molecule has 1 aromatic heterocycles. The fourth-order valence-electron chi connectivity index (χ4n) is 2.71. The normalized spacial score (nSPS) is 15.5. The lowest BCUT2D eigenvalue weighted by atomic mass is 10.1. The Morgan fingerprint density at radius 3 is 2.57 bits per heavy atom. The molecule has 21 heavy (non-hydrogen) atoms. The standard InChI is InChI=1S/C17H17N3S/c1-2-4-13(5-3-1)14-6-7-15-16(12-14)21-17(19-15)20-10-8-18-9-11-20/h1-7,12,18H,8-11H2. The molecule has 0 unspecified atom stereocenters. The molecular formula is C17H17N3S. The van der Waals surface area contributed by atoms with Gasteiger partial charge in [0.2, 0.25) is 0 Å². The highest BCUT2D eigenvalue weighted by atomic mass is 32.1. The molecule has 0 spiro atoms. The highest BCUT2D eigenvalue weighted by Crippen LogP contribution is 2.32. The molecular weight excluding hydrogens is 278 g/mol. The van der Waals surface area contributed by atoms with Crippen molar-refractivity contribution in [1.29, 1.82) is 0 Å². The van der Waals surface area contributed by atoms with Crippen LogP contribution in [0, 0.1) is 0 Å². The lowest BCUT2D eigenvalue weighted by Crippen LogP contribution is -2.43. The summed E-state index contributed by atoms with van der Waals surface area (Å²) in [5.41, 5.74) is 3.63. The van der Waals surface area contributed by atoms with Gasteiger partial charge in [-0.15, -0.1) is 0 Å². The van der Waals surface area contributed by atoms with Crippen LogP contribution in [0.15, 0.2) is 48.5 Å². The predicted molar refractivity (Wildman–Crippen MR) is 90.1 cm³/mol. The van der Waals surface area contributed by atoms with Crippen LogP contribution in [-0.2, 0) is 0 Å². The zero-order valence-electron chi connectivity index (χ0n) is 11.7. The maximum atomic E-state index is 4.79. The first-order valence-electron chi connectivity index (χ1n) is 7.32. The minimum Gasteiger partial charge on any atom is -0.346 e. The first-order chi connectivity index (χ1) is 10.4. The molecule has 3 aromatic rings. The Hall–Kier alpha value is -1.91. The number of rotatable bonds is 2. The molecule has 0 aliphatic carbocycles. The summed E-state index contributed by atoms with van der Waals surface area (Å²) in [6, 6.07) is 17.1. The van der Waals surface area contributed by atoms with Crippen LogP contribution in [0.3, 0.4) is 0 Å². The van der Waals surface area contributed by atoms with Gasteiger partial charge in [0.15, 0.2) is 5.13 Å². The molecule has 0 amide bonds. The zero-order valence-corrected chi connectivity index (χ0v) is 12.6. The molecule has 2 heterocycles. The van der Waals surface area contributed by atoms with Gasteiger partial charge in [0, 0.05) is 26.2 Å². The van der Waals surface area contributed by atoms with E-state index in [0.717, 1.165) is 36.8 Å². The lowest BCUT2D eigenvalue weighted by Gasteiger charge is -2.26. The van der Waals surface area contributed by atoms with Gasteiger partial charge < -0.3 is 10.2 Å². The van der Waals surface area contributed by atoms with Gasteiger partial charge in [-0.2, -0.15) is 0 Å². The molecule has 0 radical (unpaired) electrons. The number of hydrogen-bond acceptors (Lipinski definition) is 4. The van der Waals surface area contributed by atoms with Crippen LogP contribution in [-0.4, -0.2) is 31.2 Å². The van der Waals surface area contributed by atoms with Crippen molar-refractivity contribution in [2.75, 3.05) is 31.1 Å². The topological polar surface area (TPSA) is 28.2 Å². The first kappa shape index (κ1) is 12.8. The van der Waals surface area contributed by atoms with E-state index in [1.54, 1.807) is 11.3 Å². The van der Waals surface area contributed by atoms with Crippen LogP contribution in [0.2, 0.25) is 0 Å². The number of fused-ring (bicyclic) bond motifs is 1. The van der Waals surface area contributed by atoms with Crippen LogP contribution in [0.25, 0.3) is 21.3 Å². The molecule has 1 fully saturated rings. The minimum atomic E-state index is 1.05. The Labute approximate surface area is 128 Å². The average molecular weight is 295 g/mol. The lowest BCUT2D eigenvalue weighted by molar-refractivity contribution is 0.588. The number of aromatic nitrogens is 1. The Balaban J connectivity index is 1.71. The van der Waals surface area contributed by atoms with Crippen molar-refractivity contribution in [3.8, 4) is 11.1 Å². The summed E-state index contributed by atoms with van der Waals surface area (Å²) in [7, 11) is 0. The number of nitrogens with one attached hydrogen (secondary N) is 1. The summed E-state index contributed by atoms with van der Waals surface area (Å²) in [5, 5.41) is 4.53. The number of nitrogens with zero attached hydrogens (tertiary/aromatic N) is 2. The molecule has 0 atom stereocenters. The summed E-state index contributed by atoms with van der Waals surface area (Å²) < 4.78 is 1.27. The van der Waals surface area contributed by atoms with Crippen LogP contribution < -0.4 is 10.2 Å². The van der Waals surface area contributed by atoms with Crippen molar-refractivity contribution in [3.05, 3.63) is 48.5 Å². The molecule has 1 aliphatic heterocycles. The van der Waals surface area contributed by atoms with Crippen molar-refractivity contribution < 1.29 is 0 Å². The van der Waals surface area contributed by atoms with Crippen LogP contribution in [0.5, 0.6) is 0 Å². The third-order valence-electron chi connectivity index (χ3n) is 3.87. The Morgan fingerprint density at radius 1 is 0.952 bits per heavy atom. The van der Waals surface area contributed by atoms with Gasteiger partial charge >= 0.3 is 0 Å².